The van der Waals surface area contributed by atoms with Gasteiger partial charge in [-0.05, 0) is 30.7 Å². The number of halogens is 1. The van der Waals surface area contributed by atoms with E-state index in [0.717, 1.165) is 11.3 Å². The third-order valence-corrected chi connectivity index (χ3v) is 3.18. The molecule has 0 aromatic heterocycles. The SMILES string of the molecule is C[C@@H](O)c1ccc(N(C)Cc2ccccc2F)cc1. The van der Waals surface area contributed by atoms with Gasteiger partial charge in [0, 0.05) is 24.8 Å². The van der Waals surface area contributed by atoms with E-state index >= 15 is 0 Å². The van der Waals surface area contributed by atoms with Crippen LogP contribution < -0.4 is 4.90 Å². The summed E-state index contributed by atoms with van der Waals surface area (Å²) in [5, 5.41) is 9.46. The van der Waals surface area contributed by atoms with E-state index in [1.807, 2.05) is 42.3 Å². The van der Waals surface area contributed by atoms with Crippen LogP contribution in [-0.4, -0.2) is 12.2 Å². The molecule has 100 valence electrons. The second kappa shape index (κ2) is 5.85. The summed E-state index contributed by atoms with van der Waals surface area (Å²) in [7, 11) is 1.92. The number of aliphatic hydroxyl groups excluding tert-OH is 1. The number of aliphatic hydroxyl groups is 1. The Morgan fingerprint density at radius 3 is 2.32 bits per heavy atom. The van der Waals surface area contributed by atoms with Gasteiger partial charge >= 0.3 is 0 Å². The van der Waals surface area contributed by atoms with Crippen molar-refractivity contribution < 1.29 is 9.50 Å². The van der Waals surface area contributed by atoms with Crippen LogP contribution in [0.2, 0.25) is 0 Å². The molecule has 0 bridgehead atoms. The summed E-state index contributed by atoms with van der Waals surface area (Å²) in [4.78, 5) is 1.98. The lowest BCUT2D eigenvalue weighted by molar-refractivity contribution is 0.199. The molecule has 3 heteroatoms. The van der Waals surface area contributed by atoms with Crippen LogP contribution in [0.25, 0.3) is 0 Å². The number of nitrogens with zero attached hydrogens (tertiary/aromatic N) is 1. The Morgan fingerprint density at radius 1 is 1.11 bits per heavy atom. The lowest BCUT2D eigenvalue weighted by Crippen LogP contribution is -2.17. The molecule has 2 aromatic rings. The van der Waals surface area contributed by atoms with Gasteiger partial charge in [0.15, 0.2) is 0 Å². The first-order chi connectivity index (χ1) is 9.08. The molecule has 0 aliphatic carbocycles. The Hall–Kier alpha value is -1.87. The van der Waals surface area contributed by atoms with E-state index in [-0.39, 0.29) is 5.82 Å². The van der Waals surface area contributed by atoms with Crippen molar-refractivity contribution >= 4 is 5.69 Å². The molecule has 0 aliphatic rings. The van der Waals surface area contributed by atoms with E-state index in [9.17, 15) is 9.50 Å². The predicted molar refractivity (Wildman–Crippen MR) is 75.6 cm³/mol. The van der Waals surface area contributed by atoms with Gasteiger partial charge in [-0.2, -0.15) is 0 Å². The van der Waals surface area contributed by atoms with E-state index in [4.69, 9.17) is 0 Å². The number of hydrogen-bond acceptors (Lipinski definition) is 2. The average molecular weight is 259 g/mol. The van der Waals surface area contributed by atoms with Crippen molar-refractivity contribution in [2.24, 2.45) is 0 Å². The molecule has 0 unspecified atom stereocenters. The van der Waals surface area contributed by atoms with Gasteiger partial charge in [-0.1, -0.05) is 30.3 Å². The zero-order chi connectivity index (χ0) is 13.8. The molecule has 2 aromatic carbocycles. The largest absolute Gasteiger partial charge is 0.389 e. The number of rotatable bonds is 4. The Bertz CT molecular complexity index is 537. The van der Waals surface area contributed by atoms with Crippen LogP contribution >= 0.6 is 0 Å². The number of hydrogen-bond donors (Lipinski definition) is 1. The fourth-order valence-corrected chi connectivity index (χ4v) is 1.98. The summed E-state index contributed by atoms with van der Waals surface area (Å²) in [6.07, 6.45) is -0.467. The highest BCUT2D eigenvalue weighted by atomic mass is 19.1. The molecule has 2 nitrogen and oxygen atoms in total. The highest BCUT2D eigenvalue weighted by Crippen LogP contribution is 2.20. The van der Waals surface area contributed by atoms with E-state index in [1.54, 1.807) is 19.1 Å². The summed E-state index contributed by atoms with van der Waals surface area (Å²) < 4.78 is 13.6. The summed E-state index contributed by atoms with van der Waals surface area (Å²) >= 11 is 0. The zero-order valence-corrected chi connectivity index (χ0v) is 11.2. The maximum atomic E-state index is 13.6. The highest BCUT2D eigenvalue weighted by molar-refractivity contribution is 5.47. The predicted octanol–water partition coefficient (Wildman–Crippen LogP) is 3.52. The molecule has 0 amide bonds. The first-order valence-corrected chi connectivity index (χ1v) is 6.30. The quantitative estimate of drug-likeness (QED) is 0.908. The molecule has 0 aliphatic heterocycles. The standard InChI is InChI=1S/C16H18FNO/c1-12(19)13-7-9-15(10-8-13)18(2)11-14-5-3-4-6-16(14)17/h3-10,12,19H,11H2,1-2H3/t12-/m1/s1. The Labute approximate surface area is 113 Å². The third-order valence-electron chi connectivity index (χ3n) is 3.18. The van der Waals surface area contributed by atoms with Gasteiger partial charge in [-0.25, -0.2) is 4.39 Å². The molecule has 0 radical (unpaired) electrons. The molecule has 0 heterocycles. The molecular weight excluding hydrogens is 241 g/mol. The van der Waals surface area contributed by atoms with Crippen molar-refractivity contribution in [1.82, 2.24) is 0 Å². The topological polar surface area (TPSA) is 23.5 Å². The Morgan fingerprint density at radius 2 is 1.74 bits per heavy atom. The molecule has 0 fully saturated rings. The molecule has 1 atom stereocenters. The lowest BCUT2D eigenvalue weighted by Gasteiger charge is -2.20. The van der Waals surface area contributed by atoms with Gasteiger partial charge < -0.3 is 10.0 Å². The molecule has 1 N–H and O–H groups in total. The third kappa shape index (κ3) is 3.32. The fourth-order valence-electron chi connectivity index (χ4n) is 1.98. The van der Waals surface area contributed by atoms with Crippen LogP contribution in [0.1, 0.15) is 24.2 Å². The van der Waals surface area contributed by atoms with Crippen LogP contribution in [-0.2, 0) is 6.54 Å². The molecular formula is C16H18FNO. The monoisotopic (exact) mass is 259 g/mol. The fraction of sp³-hybridized carbons (Fsp3) is 0.250. The van der Waals surface area contributed by atoms with Gasteiger partial charge in [0.1, 0.15) is 5.82 Å². The van der Waals surface area contributed by atoms with E-state index in [0.29, 0.717) is 12.1 Å². The minimum atomic E-state index is -0.467. The summed E-state index contributed by atoms with van der Waals surface area (Å²) in [5.41, 5.74) is 2.54. The van der Waals surface area contributed by atoms with Gasteiger partial charge in [0.05, 0.1) is 6.10 Å². The Balaban J connectivity index is 2.12. The second-order valence-corrected chi connectivity index (χ2v) is 4.71. The van der Waals surface area contributed by atoms with Crippen LogP contribution in [0.3, 0.4) is 0 Å². The zero-order valence-electron chi connectivity index (χ0n) is 11.2. The molecule has 2 rings (SSSR count). The van der Waals surface area contributed by atoms with Gasteiger partial charge in [-0.15, -0.1) is 0 Å². The van der Waals surface area contributed by atoms with E-state index < -0.39 is 6.10 Å². The lowest BCUT2D eigenvalue weighted by atomic mass is 10.1. The van der Waals surface area contributed by atoms with Gasteiger partial charge in [-0.3, -0.25) is 0 Å². The summed E-state index contributed by atoms with van der Waals surface area (Å²) in [6.45, 7) is 2.25. The van der Waals surface area contributed by atoms with Crippen LogP contribution in [0.15, 0.2) is 48.5 Å². The maximum Gasteiger partial charge on any atom is 0.128 e. The second-order valence-electron chi connectivity index (χ2n) is 4.71. The summed E-state index contributed by atoms with van der Waals surface area (Å²) in [5.74, 6) is -0.185. The molecule has 0 saturated carbocycles. The van der Waals surface area contributed by atoms with Crippen LogP contribution in [0, 0.1) is 5.82 Å². The number of anilines is 1. The van der Waals surface area contributed by atoms with Crippen molar-refractivity contribution in [3.8, 4) is 0 Å². The normalized spacial score (nSPS) is 12.2. The average Bonchev–Trinajstić information content (AvgIpc) is 2.41. The minimum absolute atomic E-state index is 0.185. The van der Waals surface area contributed by atoms with Crippen molar-refractivity contribution in [2.75, 3.05) is 11.9 Å². The van der Waals surface area contributed by atoms with E-state index in [2.05, 4.69) is 0 Å². The Kier molecular flexibility index (Phi) is 4.17. The van der Waals surface area contributed by atoms with Gasteiger partial charge in [0.25, 0.3) is 0 Å². The highest BCUT2D eigenvalue weighted by Gasteiger charge is 2.07. The molecule has 0 saturated heterocycles. The van der Waals surface area contributed by atoms with Crippen LogP contribution in [0.5, 0.6) is 0 Å². The first kappa shape index (κ1) is 13.6. The minimum Gasteiger partial charge on any atom is -0.389 e. The smallest absolute Gasteiger partial charge is 0.128 e. The van der Waals surface area contributed by atoms with Crippen molar-refractivity contribution in [3.63, 3.8) is 0 Å². The van der Waals surface area contributed by atoms with Crippen molar-refractivity contribution in [3.05, 3.63) is 65.5 Å². The molecule has 0 spiro atoms. The van der Waals surface area contributed by atoms with Gasteiger partial charge in [0.2, 0.25) is 0 Å². The first-order valence-electron chi connectivity index (χ1n) is 6.30. The van der Waals surface area contributed by atoms with Crippen molar-refractivity contribution in [2.45, 2.75) is 19.6 Å². The van der Waals surface area contributed by atoms with Crippen LogP contribution in [0.4, 0.5) is 10.1 Å². The maximum absolute atomic E-state index is 13.6. The molecule has 19 heavy (non-hydrogen) atoms. The summed E-state index contributed by atoms with van der Waals surface area (Å²) in [6, 6.07) is 14.4. The number of benzene rings is 2. The van der Waals surface area contributed by atoms with Crippen molar-refractivity contribution in [1.29, 1.82) is 0 Å². The van der Waals surface area contributed by atoms with E-state index in [1.165, 1.54) is 6.07 Å².